The lowest BCUT2D eigenvalue weighted by molar-refractivity contribution is -0.120. The lowest BCUT2D eigenvalue weighted by Gasteiger charge is -2.25. The Hall–Kier alpha value is -2.02. The third-order valence-corrected chi connectivity index (χ3v) is 6.62. The molecule has 2 unspecified atom stereocenters. The smallest absolute Gasteiger partial charge is 0.230 e. The number of hydrogen-bond acceptors (Lipinski definition) is 5. The number of carbonyl (C=O) groups is 2. The van der Waals surface area contributed by atoms with Crippen LogP contribution in [0.1, 0.15) is 72.2 Å². The molecule has 1 aromatic heterocycles. The minimum Gasteiger partial charge on any atom is -0.388 e. The second-order valence-electron chi connectivity index (χ2n) is 8.04. The van der Waals surface area contributed by atoms with Gasteiger partial charge in [-0.05, 0) is 42.7 Å². The highest BCUT2D eigenvalue weighted by Gasteiger charge is 2.37. The number of aliphatic hydroxyl groups is 1. The molecule has 2 heterocycles. The first-order chi connectivity index (χ1) is 14.5. The predicted molar refractivity (Wildman–Crippen MR) is 120 cm³/mol. The van der Waals surface area contributed by atoms with Crippen molar-refractivity contribution >= 4 is 29.2 Å². The molecule has 0 aliphatic carbocycles. The van der Waals surface area contributed by atoms with Crippen molar-refractivity contribution in [3.8, 4) is 0 Å². The van der Waals surface area contributed by atoms with E-state index < -0.39 is 6.10 Å². The summed E-state index contributed by atoms with van der Waals surface area (Å²) < 4.78 is 5.89. The zero-order chi connectivity index (χ0) is 21.5. The lowest BCUT2D eigenvalue weighted by Crippen LogP contribution is -2.36. The molecule has 5 nitrogen and oxygen atoms in total. The van der Waals surface area contributed by atoms with Gasteiger partial charge in [-0.25, -0.2) is 0 Å². The van der Waals surface area contributed by atoms with Crippen molar-refractivity contribution in [1.29, 1.82) is 0 Å². The first kappa shape index (κ1) is 22.7. The van der Waals surface area contributed by atoms with Crippen molar-refractivity contribution < 1.29 is 19.4 Å². The van der Waals surface area contributed by atoms with Crippen LogP contribution in [0.3, 0.4) is 0 Å². The number of aldehydes is 1. The van der Waals surface area contributed by atoms with Crippen LogP contribution < -0.4 is 4.90 Å². The molecule has 1 N–H and O–H groups in total. The Morgan fingerprint density at radius 1 is 1.23 bits per heavy atom. The van der Waals surface area contributed by atoms with Gasteiger partial charge < -0.3 is 14.7 Å². The Kier molecular flexibility index (Phi) is 8.19. The van der Waals surface area contributed by atoms with E-state index in [0.717, 1.165) is 54.5 Å². The van der Waals surface area contributed by atoms with Crippen LogP contribution in [0.5, 0.6) is 0 Å². The Labute approximate surface area is 182 Å². The Balaban J connectivity index is 1.61. The molecule has 1 aliphatic rings. The summed E-state index contributed by atoms with van der Waals surface area (Å²) in [5, 5.41) is 10.4. The normalized spacial score (nSPS) is 20.0. The molecule has 1 saturated heterocycles. The molecule has 162 valence electrons. The number of unbranched alkanes of at least 4 members (excludes halogenated alkanes) is 2. The zero-order valence-electron chi connectivity index (χ0n) is 17.8. The highest BCUT2D eigenvalue weighted by atomic mass is 32.1. The van der Waals surface area contributed by atoms with Gasteiger partial charge >= 0.3 is 0 Å². The number of aliphatic hydroxyl groups excluding tert-OH is 1. The van der Waals surface area contributed by atoms with E-state index in [0.29, 0.717) is 18.1 Å². The largest absolute Gasteiger partial charge is 0.388 e. The summed E-state index contributed by atoms with van der Waals surface area (Å²) >= 11 is 1.43. The summed E-state index contributed by atoms with van der Waals surface area (Å²) in [5.41, 5.74) is 1.74. The van der Waals surface area contributed by atoms with Crippen LogP contribution in [-0.4, -0.2) is 29.9 Å². The molecule has 1 fully saturated rings. The molecule has 0 saturated carbocycles. The van der Waals surface area contributed by atoms with E-state index in [2.05, 4.69) is 6.92 Å². The molecule has 3 atom stereocenters. The number of hydrogen-bond donors (Lipinski definition) is 1. The topological polar surface area (TPSA) is 66.8 Å². The highest BCUT2D eigenvalue weighted by Crippen LogP contribution is 2.32. The van der Waals surface area contributed by atoms with E-state index in [1.54, 1.807) is 6.07 Å². The SMILES string of the molecule is CCCCC[C@H](O)c1ccc(N2C(=O)C(C)CC2COCc2ccc(C=O)s2)cc1. The van der Waals surface area contributed by atoms with Gasteiger partial charge in [0.1, 0.15) is 0 Å². The standard InChI is InChI=1S/C24H31NO4S/c1-3-4-5-6-23(27)18-7-9-19(10-8-18)25-20(13-17(2)24(25)28)15-29-16-22-12-11-21(14-26)30-22/h7-12,14,17,20,23,27H,3-6,13,15-16H2,1-2H3/t17?,20?,23-/m0/s1. The highest BCUT2D eigenvalue weighted by molar-refractivity contribution is 7.13. The summed E-state index contributed by atoms with van der Waals surface area (Å²) in [6, 6.07) is 11.4. The average molecular weight is 430 g/mol. The van der Waals surface area contributed by atoms with Crippen LogP contribution in [0.2, 0.25) is 0 Å². The number of nitrogens with zero attached hydrogens (tertiary/aromatic N) is 1. The van der Waals surface area contributed by atoms with Gasteiger partial charge in [0.25, 0.3) is 0 Å². The maximum Gasteiger partial charge on any atom is 0.230 e. The zero-order valence-corrected chi connectivity index (χ0v) is 18.6. The van der Waals surface area contributed by atoms with Gasteiger partial charge in [0.2, 0.25) is 5.91 Å². The van der Waals surface area contributed by atoms with E-state index in [1.165, 1.54) is 11.3 Å². The molecular weight excluding hydrogens is 398 g/mol. The second-order valence-corrected chi connectivity index (χ2v) is 9.24. The maximum absolute atomic E-state index is 12.8. The average Bonchev–Trinajstić information content (AvgIpc) is 3.32. The quantitative estimate of drug-likeness (QED) is 0.397. The van der Waals surface area contributed by atoms with Gasteiger partial charge in [-0.2, -0.15) is 0 Å². The van der Waals surface area contributed by atoms with Crippen molar-refractivity contribution in [3.05, 3.63) is 51.7 Å². The molecule has 6 heteroatoms. The predicted octanol–water partition coefficient (Wildman–Crippen LogP) is 5.13. The third-order valence-electron chi connectivity index (χ3n) is 5.64. The van der Waals surface area contributed by atoms with Crippen molar-refractivity contribution in [2.24, 2.45) is 5.92 Å². The van der Waals surface area contributed by atoms with Gasteiger partial charge in [-0.3, -0.25) is 9.59 Å². The lowest BCUT2D eigenvalue weighted by atomic mass is 10.0. The third kappa shape index (κ3) is 5.56. The van der Waals surface area contributed by atoms with Crippen molar-refractivity contribution in [2.75, 3.05) is 11.5 Å². The molecule has 2 aromatic rings. The Bertz CT molecular complexity index is 832. The number of benzene rings is 1. The molecule has 30 heavy (non-hydrogen) atoms. The van der Waals surface area contributed by atoms with E-state index in [9.17, 15) is 14.7 Å². The van der Waals surface area contributed by atoms with Crippen molar-refractivity contribution in [2.45, 2.75) is 64.7 Å². The molecule has 0 spiro atoms. The van der Waals surface area contributed by atoms with Crippen LogP contribution in [0.4, 0.5) is 5.69 Å². The number of thiophene rings is 1. The van der Waals surface area contributed by atoms with Crippen LogP contribution in [0, 0.1) is 5.92 Å². The molecule has 0 radical (unpaired) electrons. The van der Waals surface area contributed by atoms with E-state index in [-0.39, 0.29) is 17.9 Å². The fraction of sp³-hybridized carbons (Fsp3) is 0.500. The molecule has 0 bridgehead atoms. The van der Waals surface area contributed by atoms with Gasteiger partial charge in [-0.1, -0.05) is 45.2 Å². The van der Waals surface area contributed by atoms with Crippen molar-refractivity contribution in [1.82, 2.24) is 0 Å². The Morgan fingerprint density at radius 3 is 2.67 bits per heavy atom. The van der Waals surface area contributed by atoms with E-state index in [4.69, 9.17) is 4.74 Å². The molecule has 1 aliphatic heterocycles. The molecular formula is C24H31NO4S. The summed E-state index contributed by atoms with van der Waals surface area (Å²) in [6.07, 6.45) is 5.17. The summed E-state index contributed by atoms with van der Waals surface area (Å²) in [7, 11) is 0. The van der Waals surface area contributed by atoms with Crippen LogP contribution in [0.15, 0.2) is 36.4 Å². The Morgan fingerprint density at radius 2 is 2.00 bits per heavy atom. The summed E-state index contributed by atoms with van der Waals surface area (Å²) in [6.45, 7) is 5.00. The maximum atomic E-state index is 12.8. The summed E-state index contributed by atoms with van der Waals surface area (Å²) in [5.74, 6) is 0.0699. The number of amides is 1. The van der Waals surface area contributed by atoms with E-state index in [1.807, 2.05) is 42.2 Å². The summed E-state index contributed by atoms with van der Waals surface area (Å²) in [4.78, 5) is 27.1. The van der Waals surface area contributed by atoms with Crippen LogP contribution >= 0.6 is 11.3 Å². The van der Waals surface area contributed by atoms with Gasteiger partial charge in [0.15, 0.2) is 6.29 Å². The number of rotatable bonds is 11. The second kappa shape index (κ2) is 10.8. The molecule has 3 rings (SSSR count). The van der Waals surface area contributed by atoms with Crippen LogP contribution in [0.25, 0.3) is 0 Å². The van der Waals surface area contributed by atoms with E-state index >= 15 is 0 Å². The van der Waals surface area contributed by atoms with Crippen LogP contribution in [-0.2, 0) is 16.1 Å². The first-order valence-electron chi connectivity index (χ1n) is 10.8. The number of ether oxygens (including phenoxy) is 1. The fourth-order valence-corrected chi connectivity index (χ4v) is 4.72. The number of anilines is 1. The van der Waals surface area contributed by atoms with Gasteiger partial charge in [0, 0.05) is 16.5 Å². The van der Waals surface area contributed by atoms with Gasteiger partial charge in [-0.15, -0.1) is 11.3 Å². The van der Waals surface area contributed by atoms with Gasteiger partial charge in [0.05, 0.1) is 30.2 Å². The number of carbonyl (C=O) groups excluding carboxylic acids is 2. The van der Waals surface area contributed by atoms with Crippen molar-refractivity contribution in [3.63, 3.8) is 0 Å². The fourth-order valence-electron chi connectivity index (χ4n) is 3.95. The first-order valence-corrected chi connectivity index (χ1v) is 11.6. The molecule has 1 amide bonds. The monoisotopic (exact) mass is 429 g/mol. The minimum absolute atomic E-state index is 0.0154. The molecule has 1 aromatic carbocycles. The minimum atomic E-state index is -0.458.